The summed E-state index contributed by atoms with van der Waals surface area (Å²) in [5, 5.41) is 14.6. The molecule has 0 bridgehead atoms. The fourth-order valence-corrected chi connectivity index (χ4v) is 4.60. The largest absolute Gasteiger partial charge is 0.489 e. The zero-order valence-corrected chi connectivity index (χ0v) is 18.1. The topological polar surface area (TPSA) is 64.4 Å². The number of aryl methyl sites for hydroxylation is 2. The monoisotopic (exact) mass is 426 g/mol. The van der Waals surface area contributed by atoms with Crippen molar-refractivity contribution in [1.29, 1.82) is 0 Å². The van der Waals surface area contributed by atoms with Gasteiger partial charge < -0.3 is 9.84 Å². The minimum Gasteiger partial charge on any atom is -0.489 e. The van der Waals surface area contributed by atoms with E-state index < -0.39 is 5.97 Å². The van der Waals surface area contributed by atoms with Gasteiger partial charge in [-0.15, -0.1) is 0 Å². The normalized spacial score (nSPS) is 13.4. The summed E-state index contributed by atoms with van der Waals surface area (Å²) in [5.74, 6) is 0.0492. The van der Waals surface area contributed by atoms with Crippen LogP contribution in [0.5, 0.6) is 5.75 Å². The lowest BCUT2D eigenvalue weighted by molar-refractivity contribution is -0.136. The number of nitrogens with zero attached hydrogens (tertiary/aromatic N) is 2. The quantitative estimate of drug-likeness (QED) is 0.436. The number of ether oxygens (including phenoxy) is 1. The molecule has 1 N–H and O–H groups in total. The van der Waals surface area contributed by atoms with Crippen LogP contribution in [0.4, 0.5) is 0 Å². The molecule has 3 aromatic carbocycles. The molecule has 1 aromatic heterocycles. The Hall–Kier alpha value is -3.60. The summed E-state index contributed by atoms with van der Waals surface area (Å²) in [5.41, 5.74) is 6.85. The minimum absolute atomic E-state index is 0.0996. The number of carboxylic acids is 1. The van der Waals surface area contributed by atoms with Gasteiger partial charge in [0.2, 0.25) is 0 Å². The Morgan fingerprint density at radius 1 is 1.09 bits per heavy atom. The van der Waals surface area contributed by atoms with Gasteiger partial charge in [-0.05, 0) is 59.9 Å². The number of aromatic nitrogens is 2. The van der Waals surface area contributed by atoms with Crippen molar-refractivity contribution >= 4 is 16.9 Å². The van der Waals surface area contributed by atoms with Crippen molar-refractivity contribution < 1.29 is 14.6 Å². The highest BCUT2D eigenvalue weighted by atomic mass is 16.5. The van der Waals surface area contributed by atoms with Crippen LogP contribution in [-0.2, 0) is 30.6 Å². The molecule has 0 fully saturated rings. The van der Waals surface area contributed by atoms with Gasteiger partial charge in [0.05, 0.1) is 11.7 Å². The first kappa shape index (κ1) is 20.3. The highest BCUT2D eigenvalue weighted by Gasteiger charge is 2.23. The third-order valence-corrected chi connectivity index (χ3v) is 6.23. The molecule has 32 heavy (non-hydrogen) atoms. The standard InChI is InChI=1S/C27H26N2O3/c1-2-29-25-10-9-21(14-22(25)17-28-29)24-13-18(8-12-27(30)31)7-11-26(24)32-23-15-19-5-3-4-6-20(19)16-23/h3-7,9-11,13-14,17,23H,2,8,12,15-16H2,1H3,(H,30,31). The van der Waals surface area contributed by atoms with E-state index >= 15 is 0 Å². The second-order valence-corrected chi connectivity index (χ2v) is 8.37. The van der Waals surface area contributed by atoms with Crippen LogP contribution in [0.25, 0.3) is 22.0 Å². The summed E-state index contributed by atoms with van der Waals surface area (Å²) in [7, 11) is 0. The van der Waals surface area contributed by atoms with E-state index in [9.17, 15) is 4.79 Å². The maximum absolute atomic E-state index is 11.1. The average Bonchev–Trinajstić information content (AvgIpc) is 3.41. The van der Waals surface area contributed by atoms with Crippen LogP contribution < -0.4 is 4.74 Å². The summed E-state index contributed by atoms with van der Waals surface area (Å²) in [6, 6.07) is 20.9. The minimum atomic E-state index is -0.788. The zero-order chi connectivity index (χ0) is 22.1. The van der Waals surface area contributed by atoms with Crippen LogP contribution in [0, 0.1) is 0 Å². The predicted molar refractivity (Wildman–Crippen MR) is 125 cm³/mol. The molecular formula is C27H26N2O3. The first-order chi connectivity index (χ1) is 15.6. The number of fused-ring (bicyclic) bond motifs is 2. The van der Waals surface area contributed by atoms with Crippen LogP contribution in [0.1, 0.15) is 30.0 Å². The summed E-state index contributed by atoms with van der Waals surface area (Å²) in [6.07, 6.45) is 4.40. The Bertz CT molecular complexity index is 1270. The van der Waals surface area contributed by atoms with Gasteiger partial charge in [-0.2, -0.15) is 5.10 Å². The van der Waals surface area contributed by atoms with Gasteiger partial charge in [0.1, 0.15) is 11.9 Å². The summed E-state index contributed by atoms with van der Waals surface area (Å²) < 4.78 is 8.51. The van der Waals surface area contributed by atoms with Crippen molar-refractivity contribution in [2.75, 3.05) is 0 Å². The molecule has 0 amide bonds. The number of hydrogen-bond acceptors (Lipinski definition) is 3. The van der Waals surface area contributed by atoms with E-state index in [0.717, 1.165) is 52.7 Å². The number of carboxylic acid groups (broad SMARTS) is 1. The van der Waals surface area contributed by atoms with Gasteiger partial charge in [-0.1, -0.05) is 36.4 Å². The fraction of sp³-hybridized carbons (Fsp3) is 0.259. The average molecular weight is 427 g/mol. The Morgan fingerprint density at radius 3 is 2.59 bits per heavy atom. The molecule has 0 aliphatic heterocycles. The molecule has 0 unspecified atom stereocenters. The molecule has 4 aromatic rings. The Balaban J connectivity index is 1.50. The first-order valence-electron chi connectivity index (χ1n) is 11.1. The maximum atomic E-state index is 11.1. The molecule has 162 valence electrons. The van der Waals surface area contributed by atoms with Crippen LogP contribution in [0.2, 0.25) is 0 Å². The lowest BCUT2D eigenvalue weighted by Gasteiger charge is -2.18. The summed E-state index contributed by atoms with van der Waals surface area (Å²) >= 11 is 0. The van der Waals surface area contributed by atoms with Crippen molar-refractivity contribution in [3.05, 3.63) is 83.6 Å². The summed E-state index contributed by atoms with van der Waals surface area (Å²) in [6.45, 7) is 2.90. The van der Waals surface area contributed by atoms with Crippen molar-refractivity contribution in [2.45, 2.75) is 45.3 Å². The number of rotatable bonds is 7. The highest BCUT2D eigenvalue weighted by Crippen LogP contribution is 2.36. The summed E-state index contributed by atoms with van der Waals surface area (Å²) in [4.78, 5) is 11.1. The van der Waals surface area contributed by atoms with Gasteiger partial charge in [0.25, 0.3) is 0 Å². The first-order valence-corrected chi connectivity index (χ1v) is 11.1. The molecular weight excluding hydrogens is 400 g/mol. The SMILES string of the molecule is CCn1ncc2cc(-c3cc(CCC(=O)O)ccc3OC3Cc4ccccc4C3)ccc21. The number of benzene rings is 3. The van der Waals surface area contributed by atoms with Crippen molar-refractivity contribution in [3.8, 4) is 16.9 Å². The van der Waals surface area contributed by atoms with E-state index in [1.807, 2.05) is 23.0 Å². The second kappa shape index (κ2) is 8.50. The van der Waals surface area contributed by atoms with Gasteiger partial charge in [-0.3, -0.25) is 9.48 Å². The van der Waals surface area contributed by atoms with Crippen LogP contribution in [-0.4, -0.2) is 27.0 Å². The van der Waals surface area contributed by atoms with Crippen LogP contribution >= 0.6 is 0 Å². The zero-order valence-electron chi connectivity index (χ0n) is 18.1. The van der Waals surface area contributed by atoms with E-state index in [2.05, 4.69) is 60.6 Å². The van der Waals surface area contributed by atoms with E-state index in [1.54, 1.807) is 0 Å². The molecule has 1 aliphatic carbocycles. The highest BCUT2D eigenvalue weighted by molar-refractivity contribution is 5.86. The third kappa shape index (κ3) is 3.98. The van der Waals surface area contributed by atoms with Crippen molar-refractivity contribution in [1.82, 2.24) is 9.78 Å². The number of aliphatic carboxylic acids is 1. The Labute approximate surface area is 187 Å². The molecule has 5 rings (SSSR count). The van der Waals surface area contributed by atoms with Crippen LogP contribution in [0.3, 0.4) is 0 Å². The molecule has 0 spiro atoms. The molecule has 0 saturated carbocycles. The molecule has 0 radical (unpaired) electrons. The molecule has 1 aliphatic rings. The van der Waals surface area contributed by atoms with E-state index in [1.165, 1.54) is 11.1 Å². The predicted octanol–water partition coefficient (Wildman–Crippen LogP) is 5.29. The molecule has 1 heterocycles. The maximum Gasteiger partial charge on any atom is 0.303 e. The Morgan fingerprint density at radius 2 is 1.88 bits per heavy atom. The smallest absolute Gasteiger partial charge is 0.303 e. The number of hydrogen-bond donors (Lipinski definition) is 1. The second-order valence-electron chi connectivity index (χ2n) is 8.37. The lowest BCUT2D eigenvalue weighted by atomic mass is 9.98. The molecule has 5 heteroatoms. The molecule has 0 atom stereocenters. The molecule has 0 saturated heterocycles. The van der Waals surface area contributed by atoms with Gasteiger partial charge in [0.15, 0.2) is 0 Å². The lowest BCUT2D eigenvalue weighted by Crippen LogP contribution is -2.16. The van der Waals surface area contributed by atoms with Crippen molar-refractivity contribution in [2.24, 2.45) is 0 Å². The van der Waals surface area contributed by atoms with Crippen LogP contribution in [0.15, 0.2) is 66.9 Å². The number of carbonyl (C=O) groups is 1. The van der Waals surface area contributed by atoms with E-state index in [4.69, 9.17) is 9.84 Å². The van der Waals surface area contributed by atoms with Gasteiger partial charge in [0, 0.05) is 36.8 Å². The Kier molecular flexibility index (Phi) is 5.39. The third-order valence-electron chi connectivity index (χ3n) is 6.23. The van der Waals surface area contributed by atoms with E-state index in [0.29, 0.717) is 6.42 Å². The fourth-order valence-electron chi connectivity index (χ4n) is 4.60. The van der Waals surface area contributed by atoms with E-state index in [-0.39, 0.29) is 12.5 Å². The van der Waals surface area contributed by atoms with Gasteiger partial charge in [-0.25, -0.2) is 0 Å². The van der Waals surface area contributed by atoms with Crippen molar-refractivity contribution in [3.63, 3.8) is 0 Å². The van der Waals surface area contributed by atoms with Gasteiger partial charge >= 0.3 is 5.97 Å². The molecule has 5 nitrogen and oxygen atoms in total.